The fourth-order valence-corrected chi connectivity index (χ4v) is 4.18. The molecule has 152 valence electrons. The Balaban J connectivity index is 2.34. The monoisotopic (exact) mass is 425 g/mol. The maximum absolute atomic E-state index is 12.7. The molecule has 0 saturated heterocycles. The van der Waals surface area contributed by atoms with Gasteiger partial charge in [0.05, 0.1) is 16.8 Å². The van der Waals surface area contributed by atoms with E-state index in [1.54, 1.807) is 39.0 Å². The molecule has 0 aliphatic carbocycles. The Morgan fingerprint density at radius 3 is 2.21 bits per heavy atom. The molecule has 0 spiro atoms. The van der Waals surface area contributed by atoms with E-state index in [1.807, 2.05) is 0 Å². The van der Waals surface area contributed by atoms with Crippen LogP contribution in [0.15, 0.2) is 41.3 Å². The van der Waals surface area contributed by atoms with Gasteiger partial charge in [0.1, 0.15) is 0 Å². The minimum absolute atomic E-state index is 0.00608. The van der Waals surface area contributed by atoms with Gasteiger partial charge in [-0.25, -0.2) is 21.6 Å². The lowest BCUT2D eigenvalue weighted by molar-refractivity contribution is 0.102. The Morgan fingerprint density at radius 1 is 0.964 bits per heavy atom. The predicted octanol–water partition coefficient (Wildman–Crippen LogP) is 2.23. The molecule has 28 heavy (non-hydrogen) atoms. The second kappa shape index (κ2) is 8.29. The van der Waals surface area contributed by atoms with Crippen LogP contribution in [0.25, 0.3) is 0 Å². The van der Waals surface area contributed by atoms with Gasteiger partial charge in [-0.2, -0.15) is 0 Å². The topological polar surface area (TPSA) is 121 Å². The Hall–Kier alpha value is -2.43. The van der Waals surface area contributed by atoms with Crippen molar-refractivity contribution in [1.82, 2.24) is 4.72 Å². The summed E-state index contributed by atoms with van der Waals surface area (Å²) in [4.78, 5) is 12.7. The molecule has 8 nitrogen and oxygen atoms in total. The number of carbonyl (C=O) groups is 1. The summed E-state index contributed by atoms with van der Waals surface area (Å²) >= 11 is 0. The van der Waals surface area contributed by atoms with Crippen molar-refractivity contribution in [2.45, 2.75) is 25.7 Å². The van der Waals surface area contributed by atoms with Gasteiger partial charge in [-0.1, -0.05) is 19.1 Å². The lowest BCUT2D eigenvalue weighted by atomic mass is 10.1. The van der Waals surface area contributed by atoms with Crippen molar-refractivity contribution in [3.8, 4) is 0 Å². The quantitative estimate of drug-likeness (QED) is 0.628. The van der Waals surface area contributed by atoms with Crippen LogP contribution in [0.5, 0.6) is 0 Å². The third kappa shape index (κ3) is 5.54. The van der Waals surface area contributed by atoms with Crippen molar-refractivity contribution in [2.75, 3.05) is 22.8 Å². The van der Waals surface area contributed by atoms with Crippen LogP contribution in [0.1, 0.15) is 28.4 Å². The molecule has 0 saturated carbocycles. The highest BCUT2D eigenvalue weighted by Crippen LogP contribution is 2.23. The van der Waals surface area contributed by atoms with Crippen molar-refractivity contribution < 1.29 is 21.6 Å². The van der Waals surface area contributed by atoms with E-state index in [1.165, 1.54) is 18.2 Å². The van der Waals surface area contributed by atoms with Crippen molar-refractivity contribution >= 4 is 37.3 Å². The fourth-order valence-electron chi connectivity index (χ4n) is 2.49. The van der Waals surface area contributed by atoms with E-state index in [-0.39, 0.29) is 17.0 Å². The largest absolute Gasteiger partial charge is 0.322 e. The van der Waals surface area contributed by atoms with Gasteiger partial charge in [-0.05, 0) is 49.2 Å². The number of aryl methyl sites for hydroxylation is 2. The van der Waals surface area contributed by atoms with Crippen molar-refractivity contribution in [1.29, 1.82) is 0 Å². The number of hydrogen-bond donors (Lipinski definition) is 3. The first-order chi connectivity index (χ1) is 12.9. The van der Waals surface area contributed by atoms with Gasteiger partial charge in [0.2, 0.25) is 20.0 Å². The Morgan fingerprint density at radius 2 is 1.61 bits per heavy atom. The highest BCUT2D eigenvalue weighted by Gasteiger charge is 2.18. The highest BCUT2D eigenvalue weighted by molar-refractivity contribution is 7.92. The summed E-state index contributed by atoms with van der Waals surface area (Å²) in [6, 6.07) is 9.11. The number of nitrogens with one attached hydrogen (secondary N) is 3. The Kier molecular flexibility index (Phi) is 6.48. The van der Waals surface area contributed by atoms with Gasteiger partial charge in [0.25, 0.3) is 5.91 Å². The van der Waals surface area contributed by atoms with Crippen LogP contribution in [0.2, 0.25) is 0 Å². The summed E-state index contributed by atoms with van der Waals surface area (Å²) in [5, 5.41) is 2.67. The average molecular weight is 426 g/mol. The number of benzene rings is 2. The number of carbonyl (C=O) groups excluding carboxylic acids is 1. The predicted molar refractivity (Wildman–Crippen MR) is 110 cm³/mol. The molecule has 0 aliphatic heterocycles. The summed E-state index contributed by atoms with van der Waals surface area (Å²) in [7, 11) is -7.16. The van der Waals surface area contributed by atoms with E-state index in [2.05, 4.69) is 14.8 Å². The molecule has 0 aliphatic rings. The van der Waals surface area contributed by atoms with Crippen molar-refractivity contribution in [3.05, 3.63) is 53.1 Å². The number of amides is 1. The molecule has 2 aromatic carbocycles. The normalized spacial score (nSPS) is 11.9. The molecule has 0 bridgehead atoms. The van der Waals surface area contributed by atoms with Crippen LogP contribution in [-0.4, -0.2) is 35.5 Å². The number of anilines is 2. The van der Waals surface area contributed by atoms with Crippen molar-refractivity contribution in [2.24, 2.45) is 0 Å². The summed E-state index contributed by atoms with van der Waals surface area (Å²) in [5.41, 5.74) is 2.23. The third-order valence-corrected chi connectivity index (χ3v) is 6.02. The lowest BCUT2D eigenvalue weighted by Crippen LogP contribution is -2.24. The second-order valence-corrected chi connectivity index (χ2v) is 9.85. The zero-order chi connectivity index (χ0) is 21.1. The van der Waals surface area contributed by atoms with Gasteiger partial charge >= 0.3 is 0 Å². The zero-order valence-electron chi connectivity index (χ0n) is 16.0. The van der Waals surface area contributed by atoms with E-state index >= 15 is 0 Å². The summed E-state index contributed by atoms with van der Waals surface area (Å²) in [5.74, 6) is -0.500. The molecule has 10 heteroatoms. The molecule has 0 fully saturated rings. The first-order valence-corrected chi connectivity index (χ1v) is 11.8. The van der Waals surface area contributed by atoms with Gasteiger partial charge in [0, 0.05) is 17.8 Å². The summed E-state index contributed by atoms with van der Waals surface area (Å²) < 4.78 is 52.1. The van der Waals surface area contributed by atoms with Crippen LogP contribution in [0, 0.1) is 13.8 Å². The molecule has 2 aromatic rings. The first kappa shape index (κ1) is 21.9. The fraction of sp³-hybridized carbons (Fsp3) is 0.278. The van der Waals surface area contributed by atoms with E-state index < -0.39 is 26.0 Å². The Labute approximate surface area is 165 Å². The van der Waals surface area contributed by atoms with Crippen molar-refractivity contribution in [3.63, 3.8) is 0 Å². The van der Waals surface area contributed by atoms with Gasteiger partial charge < -0.3 is 5.32 Å². The maximum atomic E-state index is 12.7. The summed E-state index contributed by atoms with van der Waals surface area (Å²) in [6.07, 6.45) is 1.04. The second-order valence-electron chi connectivity index (χ2n) is 6.34. The van der Waals surface area contributed by atoms with Gasteiger partial charge in [-0.3, -0.25) is 9.52 Å². The number of rotatable bonds is 7. The molecule has 0 atom stereocenters. The van der Waals surface area contributed by atoms with E-state index in [9.17, 15) is 21.6 Å². The average Bonchev–Trinajstić information content (AvgIpc) is 2.56. The molecule has 0 radical (unpaired) electrons. The van der Waals surface area contributed by atoms with E-state index in [4.69, 9.17) is 0 Å². The molecule has 0 unspecified atom stereocenters. The number of sulfonamides is 2. The Bertz CT molecular complexity index is 1110. The van der Waals surface area contributed by atoms with E-state index in [0.717, 1.165) is 6.26 Å². The third-order valence-electron chi connectivity index (χ3n) is 3.89. The molecule has 1 amide bonds. The summed E-state index contributed by atoms with van der Waals surface area (Å²) in [6.45, 7) is 5.33. The molecular weight excluding hydrogens is 402 g/mol. The van der Waals surface area contributed by atoms with Gasteiger partial charge in [-0.15, -0.1) is 0 Å². The van der Waals surface area contributed by atoms with E-state index in [0.29, 0.717) is 22.5 Å². The molecule has 0 aromatic heterocycles. The standard InChI is InChI=1S/C18H23N3O5S2/c1-5-19-28(25,26)15-9-7-12(2)16(11-15)18(22)20-14-8-6-13(3)17(10-14)21-27(4,23)24/h6-11,19,21H,5H2,1-4H3,(H,20,22). The van der Waals surface area contributed by atoms with Crippen LogP contribution >= 0.6 is 0 Å². The van der Waals surface area contributed by atoms with Crippen LogP contribution in [0.3, 0.4) is 0 Å². The molecule has 0 heterocycles. The minimum atomic E-state index is -3.70. The minimum Gasteiger partial charge on any atom is -0.322 e. The zero-order valence-corrected chi connectivity index (χ0v) is 17.7. The molecule has 2 rings (SSSR count). The van der Waals surface area contributed by atoms with Crippen LogP contribution in [-0.2, 0) is 20.0 Å². The highest BCUT2D eigenvalue weighted by atomic mass is 32.2. The number of hydrogen-bond acceptors (Lipinski definition) is 5. The molecular formula is C18H23N3O5S2. The van der Waals surface area contributed by atoms with Gasteiger partial charge in [0.15, 0.2) is 0 Å². The first-order valence-electron chi connectivity index (χ1n) is 8.43. The smallest absolute Gasteiger partial charge is 0.255 e. The lowest BCUT2D eigenvalue weighted by Gasteiger charge is -2.13. The molecule has 3 N–H and O–H groups in total. The van der Waals surface area contributed by atoms with Crippen LogP contribution in [0.4, 0.5) is 11.4 Å². The van der Waals surface area contributed by atoms with Crippen LogP contribution < -0.4 is 14.8 Å². The maximum Gasteiger partial charge on any atom is 0.255 e. The SMILES string of the molecule is CCNS(=O)(=O)c1ccc(C)c(C(=O)Nc2ccc(C)c(NS(C)(=O)=O)c2)c1.